The number of pyridine rings is 1. The Kier molecular flexibility index (Phi) is 5.68. The van der Waals surface area contributed by atoms with Crippen LogP contribution in [0.15, 0.2) is 61.2 Å². The molecule has 1 N–H and O–H groups in total. The fraction of sp³-hybridized carbons (Fsp3) is 0.333. The van der Waals surface area contributed by atoms with Gasteiger partial charge in [-0.1, -0.05) is 30.3 Å². The zero-order valence-electron chi connectivity index (χ0n) is 17.7. The van der Waals surface area contributed by atoms with Gasteiger partial charge in [0.15, 0.2) is 5.69 Å². The summed E-state index contributed by atoms with van der Waals surface area (Å²) in [4.78, 5) is 35.9. The number of hydrogen-bond donors (Lipinski definition) is 1. The highest BCUT2D eigenvalue weighted by atomic mass is 16.5. The summed E-state index contributed by atoms with van der Waals surface area (Å²) in [5, 5.41) is 2.90. The number of piperidine rings is 1. The maximum absolute atomic E-state index is 13.1. The third-order valence-electron chi connectivity index (χ3n) is 6.19. The molecule has 1 unspecified atom stereocenters. The van der Waals surface area contributed by atoms with Crippen LogP contribution in [0.5, 0.6) is 0 Å². The van der Waals surface area contributed by atoms with Gasteiger partial charge < -0.3 is 19.5 Å². The summed E-state index contributed by atoms with van der Waals surface area (Å²) in [5.41, 5.74) is 3.08. The molecule has 32 heavy (non-hydrogen) atoms. The lowest BCUT2D eigenvalue weighted by Crippen LogP contribution is -2.42. The number of likely N-dealkylation sites (tertiary alicyclic amines) is 1. The summed E-state index contributed by atoms with van der Waals surface area (Å²) in [7, 11) is 0. The summed E-state index contributed by atoms with van der Waals surface area (Å²) in [6.07, 6.45) is 6.23. The fourth-order valence-electron chi connectivity index (χ4n) is 4.35. The Labute approximate surface area is 186 Å². The van der Waals surface area contributed by atoms with Crippen molar-refractivity contribution in [1.29, 1.82) is 0 Å². The second kappa shape index (κ2) is 8.92. The van der Waals surface area contributed by atoms with E-state index in [1.807, 2.05) is 41.0 Å². The molecular weight excluding hydrogens is 406 g/mol. The molecule has 164 valence electrons. The number of anilines is 1. The van der Waals surface area contributed by atoms with Crippen molar-refractivity contribution in [2.75, 3.05) is 18.4 Å². The maximum Gasteiger partial charge on any atom is 0.274 e. The smallest absolute Gasteiger partial charge is 0.274 e. The number of nitrogens with zero attached hydrogens (tertiary/aromatic N) is 4. The molecule has 1 aromatic carbocycles. The van der Waals surface area contributed by atoms with Crippen molar-refractivity contribution in [3.8, 4) is 0 Å². The van der Waals surface area contributed by atoms with Gasteiger partial charge in [0.25, 0.3) is 5.91 Å². The van der Waals surface area contributed by atoms with E-state index in [1.165, 1.54) is 0 Å². The Morgan fingerprint density at radius 3 is 2.62 bits per heavy atom. The number of benzene rings is 1. The Bertz CT molecular complexity index is 1090. The summed E-state index contributed by atoms with van der Waals surface area (Å²) in [6, 6.07) is 13.7. The molecule has 2 aromatic heterocycles. The van der Waals surface area contributed by atoms with E-state index in [0.29, 0.717) is 50.5 Å². The summed E-state index contributed by atoms with van der Waals surface area (Å²) in [6.45, 7) is 2.05. The van der Waals surface area contributed by atoms with Gasteiger partial charge in [0.2, 0.25) is 5.91 Å². The number of carbonyl (C=O) groups is 2. The van der Waals surface area contributed by atoms with Gasteiger partial charge >= 0.3 is 0 Å². The van der Waals surface area contributed by atoms with Crippen molar-refractivity contribution in [2.45, 2.75) is 32.1 Å². The van der Waals surface area contributed by atoms with Crippen molar-refractivity contribution in [2.24, 2.45) is 5.92 Å². The Hall–Kier alpha value is -3.52. The average molecular weight is 431 g/mol. The van der Waals surface area contributed by atoms with E-state index in [1.54, 1.807) is 29.7 Å². The number of imidazole rings is 1. The normalized spacial score (nSPS) is 18.8. The van der Waals surface area contributed by atoms with Crippen LogP contribution in [0.1, 0.15) is 40.7 Å². The minimum absolute atomic E-state index is 0.0233. The lowest BCUT2D eigenvalue weighted by atomic mass is 9.95. The van der Waals surface area contributed by atoms with E-state index < -0.39 is 0 Å². The zero-order valence-corrected chi connectivity index (χ0v) is 17.7. The molecule has 5 rings (SSSR count). The number of rotatable bonds is 4. The Morgan fingerprint density at radius 1 is 1.06 bits per heavy atom. The average Bonchev–Trinajstić information content (AvgIpc) is 3.28. The van der Waals surface area contributed by atoms with Crippen molar-refractivity contribution in [3.63, 3.8) is 0 Å². The highest BCUT2D eigenvalue weighted by Crippen LogP contribution is 2.29. The molecule has 4 heterocycles. The van der Waals surface area contributed by atoms with Crippen LogP contribution in [0.2, 0.25) is 0 Å². The number of hydrogen-bond acceptors (Lipinski definition) is 5. The Morgan fingerprint density at radius 2 is 1.88 bits per heavy atom. The first-order valence-electron chi connectivity index (χ1n) is 10.9. The van der Waals surface area contributed by atoms with Gasteiger partial charge in [-0.2, -0.15) is 0 Å². The molecule has 2 amide bonds. The van der Waals surface area contributed by atoms with E-state index in [0.717, 1.165) is 11.3 Å². The largest absolute Gasteiger partial charge is 0.365 e. The number of ether oxygens (including phenoxy) is 1. The number of aromatic nitrogens is 3. The minimum Gasteiger partial charge on any atom is -0.365 e. The fourth-order valence-corrected chi connectivity index (χ4v) is 4.35. The topological polar surface area (TPSA) is 89.4 Å². The van der Waals surface area contributed by atoms with Crippen molar-refractivity contribution < 1.29 is 14.3 Å². The van der Waals surface area contributed by atoms with Crippen LogP contribution in [-0.4, -0.2) is 44.3 Å². The van der Waals surface area contributed by atoms with Crippen LogP contribution in [0, 0.1) is 5.92 Å². The standard InChI is InChI=1S/C24H25N5O3/c30-23(27-19-7-4-10-25-13-19)18-8-11-28(12-9-18)24(31)22-20-15-32-21(14-29(20)16-26-22)17-5-2-1-3-6-17/h1-7,10,13,16,18,21H,8-9,11-12,14-15H2,(H,27,30). The number of fused-ring (bicyclic) bond motifs is 1. The van der Waals surface area contributed by atoms with E-state index in [4.69, 9.17) is 4.74 Å². The molecule has 0 bridgehead atoms. The number of carbonyl (C=O) groups excluding carboxylic acids is 2. The monoisotopic (exact) mass is 431 g/mol. The predicted molar refractivity (Wildman–Crippen MR) is 118 cm³/mol. The molecule has 0 radical (unpaired) electrons. The summed E-state index contributed by atoms with van der Waals surface area (Å²) in [5.74, 6) is -0.235. The van der Waals surface area contributed by atoms with Crippen molar-refractivity contribution in [3.05, 3.63) is 78.1 Å². The van der Waals surface area contributed by atoms with Crippen LogP contribution in [-0.2, 0) is 22.7 Å². The third-order valence-corrected chi connectivity index (χ3v) is 6.19. The second-order valence-electron chi connectivity index (χ2n) is 8.20. The lowest BCUT2D eigenvalue weighted by Gasteiger charge is -2.31. The molecule has 2 aliphatic rings. The molecule has 8 nitrogen and oxygen atoms in total. The van der Waals surface area contributed by atoms with E-state index >= 15 is 0 Å². The molecule has 0 aliphatic carbocycles. The molecular formula is C24H25N5O3. The van der Waals surface area contributed by atoms with Crippen LogP contribution in [0.25, 0.3) is 0 Å². The molecule has 1 saturated heterocycles. The zero-order chi connectivity index (χ0) is 21.9. The third kappa shape index (κ3) is 4.13. The van der Waals surface area contributed by atoms with Crippen LogP contribution in [0.3, 0.4) is 0 Å². The maximum atomic E-state index is 13.1. The molecule has 2 aliphatic heterocycles. The van der Waals surface area contributed by atoms with Crippen molar-refractivity contribution >= 4 is 17.5 Å². The second-order valence-corrected chi connectivity index (χ2v) is 8.20. The quantitative estimate of drug-likeness (QED) is 0.686. The molecule has 1 fully saturated rings. The molecule has 3 aromatic rings. The highest BCUT2D eigenvalue weighted by Gasteiger charge is 2.32. The first-order valence-corrected chi connectivity index (χ1v) is 10.9. The van der Waals surface area contributed by atoms with Gasteiger partial charge in [-0.15, -0.1) is 0 Å². The van der Waals surface area contributed by atoms with E-state index in [-0.39, 0.29) is 23.8 Å². The first kappa shape index (κ1) is 20.4. The van der Waals surface area contributed by atoms with Gasteiger partial charge in [-0.3, -0.25) is 14.6 Å². The van der Waals surface area contributed by atoms with Crippen LogP contribution < -0.4 is 5.32 Å². The van der Waals surface area contributed by atoms with Crippen LogP contribution in [0.4, 0.5) is 5.69 Å². The van der Waals surface area contributed by atoms with Gasteiger partial charge in [0.1, 0.15) is 6.10 Å². The van der Waals surface area contributed by atoms with Gasteiger partial charge in [0.05, 0.1) is 37.1 Å². The Balaban J connectivity index is 1.20. The SMILES string of the molecule is O=C(Nc1cccnc1)C1CCN(C(=O)c2ncn3c2COC(c2ccccc2)C3)CC1. The molecule has 0 saturated carbocycles. The van der Waals surface area contributed by atoms with Crippen molar-refractivity contribution in [1.82, 2.24) is 19.4 Å². The molecule has 0 spiro atoms. The molecule has 8 heteroatoms. The molecule has 1 atom stereocenters. The highest BCUT2D eigenvalue weighted by molar-refractivity contribution is 5.95. The minimum atomic E-state index is -0.120. The van der Waals surface area contributed by atoms with Gasteiger partial charge in [-0.25, -0.2) is 4.98 Å². The predicted octanol–water partition coefficient (Wildman–Crippen LogP) is 3.04. The first-order chi connectivity index (χ1) is 15.7. The number of nitrogens with one attached hydrogen (secondary N) is 1. The van der Waals surface area contributed by atoms with Gasteiger partial charge in [-0.05, 0) is 30.5 Å². The number of amides is 2. The van der Waals surface area contributed by atoms with Crippen LogP contribution >= 0.6 is 0 Å². The summed E-state index contributed by atoms with van der Waals surface area (Å²) >= 11 is 0. The summed E-state index contributed by atoms with van der Waals surface area (Å²) < 4.78 is 8.06. The van der Waals surface area contributed by atoms with Gasteiger partial charge in [0, 0.05) is 25.2 Å². The lowest BCUT2D eigenvalue weighted by molar-refractivity contribution is -0.121. The van der Waals surface area contributed by atoms with E-state index in [9.17, 15) is 9.59 Å². The van der Waals surface area contributed by atoms with E-state index in [2.05, 4.69) is 15.3 Å².